The fourth-order valence-electron chi connectivity index (χ4n) is 2.92. The van der Waals surface area contributed by atoms with E-state index in [1.165, 1.54) is 12.1 Å². The third-order valence-electron chi connectivity index (χ3n) is 4.30. The summed E-state index contributed by atoms with van der Waals surface area (Å²) in [4.78, 5) is 23.8. The minimum atomic E-state index is -0.885. The standard InChI is InChI=1S/C19H19FN2O3/c20-16-8-4-7-15(11-16)19(10-9-17(23)21-13-19)22-18(24)25-12-14-5-2-1-3-6-14/h1-8,11H,9-10,12-13H2,(H,21,23)(H,22,24). The smallest absolute Gasteiger partial charge is 0.408 e. The highest BCUT2D eigenvalue weighted by molar-refractivity contribution is 5.78. The number of amides is 2. The van der Waals surface area contributed by atoms with Crippen LogP contribution < -0.4 is 10.6 Å². The van der Waals surface area contributed by atoms with Crippen molar-refractivity contribution in [1.29, 1.82) is 0 Å². The van der Waals surface area contributed by atoms with Crippen LogP contribution in [-0.4, -0.2) is 18.5 Å². The van der Waals surface area contributed by atoms with Crippen molar-refractivity contribution in [2.75, 3.05) is 6.54 Å². The molecule has 1 aliphatic rings. The molecule has 2 amide bonds. The van der Waals surface area contributed by atoms with Gasteiger partial charge in [0.1, 0.15) is 12.4 Å². The lowest BCUT2D eigenvalue weighted by Gasteiger charge is -2.38. The third kappa shape index (κ3) is 4.15. The average Bonchev–Trinajstić information content (AvgIpc) is 2.63. The maximum Gasteiger partial charge on any atom is 0.408 e. The fraction of sp³-hybridized carbons (Fsp3) is 0.263. The minimum Gasteiger partial charge on any atom is -0.445 e. The number of piperidine rings is 1. The Morgan fingerprint density at radius 3 is 2.68 bits per heavy atom. The minimum absolute atomic E-state index is 0.0912. The molecule has 6 heteroatoms. The maximum atomic E-state index is 13.6. The Kier molecular flexibility index (Phi) is 4.97. The van der Waals surface area contributed by atoms with Crippen LogP contribution in [0.3, 0.4) is 0 Å². The summed E-state index contributed by atoms with van der Waals surface area (Å²) >= 11 is 0. The molecule has 2 aromatic rings. The highest BCUT2D eigenvalue weighted by Crippen LogP contribution is 2.29. The van der Waals surface area contributed by atoms with E-state index in [-0.39, 0.29) is 25.5 Å². The first-order chi connectivity index (χ1) is 12.1. The number of benzene rings is 2. The number of halogens is 1. The van der Waals surface area contributed by atoms with Crippen LogP contribution >= 0.6 is 0 Å². The largest absolute Gasteiger partial charge is 0.445 e. The summed E-state index contributed by atoms with van der Waals surface area (Å²) in [7, 11) is 0. The number of alkyl carbamates (subject to hydrolysis) is 1. The van der Waals surface area contributed by atoms with Gasteiger partial charge in [0, 0.05) is 13.0 Å². The Balaban J connectivity index is 1.73. The molecule has 0 saturated carbocycles. The summed E-state index contributed by atoms with van der Waals surface area (Å²) < 4.78 is 18.9. The van der Waals surface area contributed by atoms with Crippen molar-refractivity contribution in [3.05, 3.63) is 71.5 Å². The predicted molar refractivity (Wildman–Crippen MR) is 90.1 cm³/mol. The number of hydrogen-bond acceptors (Lipinski definition) is 3. The molecule has 130 valence electrons. The summed E-state index contributed by atoms with van der Waals surface area (Å²) in [5, 5.41) is 5.56. The van der Waals surface area contributed by atoms with Gasteiger partial charge in [-0.3, -0.25) is 4.79 Å². The van der Waals surface area contributed by atoms with Crippen LogP contribution in [0, 0.1) is 5.82 Å². The molecule has 0 aromatic heterocycles. The topological polar surface area (TPSA) is 67.4 Å². The van der Waals surface area contributed by atoms with E-state index in [1.54, 1.807) is 12.1 Å². The molecule has 1 saturated heterocycles. The molecule has 1 unspecified atom stereocenters. The lowest BCUT2D eigenvalue weighted by Crippen LogP contribution is -2.56. The molecule has 1 fully saturated rings. The first-order valence-corrected chi connectivity index (χ1v) is 8.09. The second kappa shape index (κ2) is 7.34. The SMILES string of the molecule is O=C1CCC(NC(=O)OCc2ccccc2)(c2cccc(F)c2)CN1. The number of rotatable bonds is 4. The summed E-state index contributed by atoms with van der Waals surface area (Å²) in [6.07, 6.45) is 0.0161. The van der Waals surface area contributed by atoms with E-state index in [0.717, 1.165) is 5.56 Å². The van der Waals surface area contributed by atoms with Crippen molar-refractivity contribution in [3.8, 4) is 0 Å². The van der Waals surface area contributed by atoms with Gasteiger partial charge in [0.05, 0.1) is 5.54 Å². The predicted octanol–water partition coefficient (Wildman–Crippen LogP) is 2.86. The first kappa shape index (κ1) is 17.0. The highest BCUT2D eigenvalue weighted by atomic mass is 19.1. The van der Waals surface area contributed by atoms with Crippen LogP contribution in [0.1, 0.15) is 24.0 Å². The van der Waals surface area contributed by atoms with Crippen molar-refractivity contribution in [3.63, 3.8) is 0 Å². The number of ether oxygens (including phenoxy) is 1. The molecule has 2 N–H and O–H groups in total. The van der Waals surface area contributed by atoms with Crippen LogP contribution in [0.25, 0.3) is 0 Å². The van der Waals surface area contributed by atoms with Gasteiger partial charge in [-0.15, -0.1) is 0 Å². The van der Waals surface area contributed by atoms with Crippen molar-refractivity contribution in [2.24, 2.45) is 0 Å². The molecule has 1 heterocycles. The van der Waals surface area contributed by atoms with Gasteiger partial charge in [0.2, 0.25) is 5.91 Å². The maximum absolute atomic E-state index is 13.6. The lowest BCUT2D eigenvalue weighted by molar-refractivity contribution is -0.123. The number of nitrogens with one attached hydrogen (secondary N) is 2. The Morgan fingerprint density at radius 2 is 2.00 bits per heavy atom. The van der Waals surface area contributed by atoms with Crippen LogP contribution in [0.4, 0.5) is 9.18 Å². The van der Waals surface area contributed by atoms with E-state index >= 15 is 0 Å². The molecular weight excluding hydrogens is 323 g/mol. The average molecular weight is 342 g/mol. The molecule has 1 aliphatic heterocycles. The van der Waals surface area contributed by atoms with Gasteiger partial charge in [0.25, 0.3) is 0 Å². The number of carbonyl (C=O) groups is 2. The Bertz CT molecular complexity index is 754. The monoisotopic (exact) mass is 342 g/mol. The van der Waals surface area contributed by atoms with Crippen LogP contribution in [-0.2, 0) is 21.7 Å². The van der Waals surface area contributed by atoms with E-state index in [1.807, 2.05) is 30.3 Å². The van der Waals surface area contributed by atoms with Gasteiger partial charge in [-0.25, -0.2) is 9.18 Å². The number of hydrogen-bond donors (Lipinski definition) is 2. The normalized spacial score (nSPS) is 19.8. The summed E-state index contributed by atoms with van der Waals surface area (Å²) in [6, 6.07) is 15.3. The highest BCUT2D eigenvalue weighted by Gasteiger charge is 2.38. The van der Waals surface area contributed by atoms with Gasteiger partial charge in [0.15, 0.2) is 0 Å². The summed E-state index contributed by atoms with van der Waals surface area (Å²) in [5.74, 6) is -0.486. The number of carbonyl (C=O) groups excluding carboxylic acids is 2. The first-order valence-electron chi connectivity index (χ1n) is 8.09. The lowest BCUT2D eigenvalue weighted by atomic mass is 9.83. The zero-order valence-electron chi connectivity index (χ0n) is 13.6. The zero-order chi connectivity index (χ0) is 17.7. The molecule has 2 aromatic carbocycles. The Labute approximate surface area is 145 Å². The van der Waals surface area contributed by atoms with E-state index < -0.39 is 17.4 Å². The molecule has 3 rings (SSSR count). The van der Waals surface area contributed by atoms with Crippen LogP contribution in [0.2, 0.25) is 0 Å². The second-order valence-corrected chi connectivity index (χ2v) is 6.06. The van der Waals surface area contributed by atoms with Crippen LogP contribution in [0.15, 0.2) is 54.6 Å². The fourth-order valence-corrected chi connectivity index (χ4v) is 2.92. The van der Waals surface area contributed by atoms with Crippen molar-refractivity contribution >= 4 is 12.0 Å². The van der Waals surface area contributed by atoms with Crippen molar-refractivity contribution in [2.45, 2.75) is 25.0 Å². The molecule has 0 radical (unpaired) electrons. The second-order valence-electron chi connectivity index (χ2n) is 6.06. The molecule has 5 nitrogen and oxygen atoms in total. The van der Waals surface area contributed by atoms with Crippen molar-refractivity contribution < 1.29 is 18.7 Å². The third-order valence-corrected chi connectivity index (χ3v) is 4.30. The van der Waals surface area contributed by atoms with Gasteiger partial charge in [-0.05, 0) is 29.7 Å². The molecule has 0 aliphatic carbocycles. The Morgan fingerprint density at radius 1 is 1.20 bits per heavy atom. The van der Waals surface area contributed by atoms with Gasteiger partial charge >= 0.3 is 6.09 Å². The molecule has 1 atom stereocenters. The summed E-state index contributed by atoms with van der Waals surface area (Å²) in [6.45, 7) is 0.327. The zero-order valence-corrected chi connectivity index (χ0v) is 13.6. The van der Waals surface area contributed by atoms with Crippen molar-refractivity contribution in [1.82, 2.24) is 10.6 Å². The van der Waals surface area contributed by atoms with E-state index in [0.29, 0.717) is 12.0 Å². The summed E-state index contributed by atoms with van der Waals surface area (Å²) in [5.41, 5.74) is 0.586. The van der Waals surface area contributed by atoms with Crippen LogP contribution in [0.5, 0.6) is 0 Å². The van der Waals surface area contributed by atoms with E-state index in [9.17, 15) is 14.0 Å². The van der Waals surface area contributed by atoms with Gasteiger partial charge in [-0.2, -0.15) is 0 Å². The van der Waals surface area contributed by atoms with Gasteiger partial charge < -0.3 is 15.4 Å². The Hall–Kier alpha value is -2.89. The van der Waals surface area contributed by atoms with E-state index in [4.69, 9.17) is 4.74 Å². The molecule has 0 bridgehead atoms. The van der Waals surface area contributed by atoms with E-state index in [2.05, 4.69) is 10.6 Å². The molecule has 25 heavy (non-hydrogen) atoms. The molecule has 0 spiro atoms. The quantitative estimate of drug-likeness (QED) is 0.898. The molecular formula is C19H19FN2O3. The van der Waals surface area contributed by atoms with Gasteiger partial charge in [-0.1, -0.05) is 42.5 Å².